The molecule has 0 aromatic carbocycles. The summed E-state index contributed by atoms with van der Waals surface area (Å²) in [7, 11) is 0. The summed E-state index contributed by atoms with van der Waals surface area (Å²) in [6.45, 7) is 2.55. The molecule has 1 saturated carbocycles. The Morgan fingerprint density at radius 2 is 1.93 bits per heavy atom. The van der Waals surface area contributed by atoms with E-state index in [-0.39, 0.29) is 18.5 Å². The lowest BCUT2D eigenvalue weighted by atomic mass is 9.59. The first-order chi connectivity index (χ1) is 6.41. The summed E-state index contributed by atoms with van der Waals surface area (Å²) < 4.78 is 37.4. The molecule has 2 aliphatic rings. The molecule has 82 valence electrons. The Bertz CT molecular complexity index is 212. The fraction of sp³-hybridized carbons (Fsp3) is 1.00. The van der Waals surface area contributed by atoms with Crippen LogP contribution < -0.4 is 0 Å². The molecular formula is C10H16F3N. The largest absolute Gasteiger partial charge is 0.459 e. The normalized spacial score (nSPS) is 39.9. The molecule has 1 nitrogen and oxygen atoms in total. The fourth-order valence-corrected chi connectivity index (χ4v) is 3.18. The van der Waals surface area contributed by atoms with E-state index in [1.54, 1.807) is 0 Å². The van der Waals surface area contributed by atoms with Gasteiger partial charge >= 0.3 is 6.30 Å². The molecule has 0 amide bonds. The van der Waals surface area contributed by atoms with Crippen molar-refractivity contribution in [1.82, 2.24) is 4.90 Å². The highest BCUT2D eigenvalue weighted by Gasteiger charge is 2.50. The minimum absolute atomic E-state index is 0.00713. The Balaban J connectivity index is 1.98. The van der Waals surface area contributed by atoms with Gasteiger partial charge in [-0.05, 0) is 37.0 Å². The van der Waals surface area contributed by atoms with E-state index < -0.39 is 6.30 Å². The van der Waals surface area contributed by atoms with E-state index >= 15 is 0 Å². The maximum atomic E-state index is 12.5. The minimum atomic E-state index is -4.12. The number of likely N-dealkylation sites (tertiary alicyclic amines) is 1. The zero-order valence-corrected chi connectivity index (χ0v) is 8.40. The van der Waals surface area contributed by atoms with Gasteiger partial charge in [-0.25, -0.2) is 4.90 Å². The molecule has 14 heavy (non-hydrogen) atoms. The summed E-state index contributed by atoms with van der Waals surface area (Å²) in [6, 6.07) is 0. The Labute approximate surface area is 82.3 Å². The number of piperidine rings is 1. The van der Waals surface area contributed by atoms with Gasteiger partial charge in [-0.2, -0.15) is 13.2 Å². The molecule has 0 atom stereocenters. The first kappa shape index (κ1) is 10.3. The van der Waals surface area contributed by atoms with Gasteiger partial charge in [-0.1, -0.05) is 6.92 Å². The van der Waals surface area contributed by atoms with Crippen molar-refractivity contribution in [1.29, 1.82) is 0 Å². The van der Waals surface area contributed by atoms with Gasteiger partial charge < -0.3 is 0 Å². The minimum Gasteiger partial charge on any atom is -0.214 e. The number of hydrogen-bond donors (Lipinski definition) is 0. The van der Waals surface area contributed by atoms with Gasteiger partial charge in [0.15, 0.2) is 0 Å². The fourth-order valence-electron chi connectivity index (χ4n) is 3.18. The first-order valence-electron chi connectivity index (χ1n) is 5.23. The average Bonchev–Trinajstić information content (AvgIpc) is 2.00. The maximum Gasteiger partial charge on any atom is 0.459 e. The van der Waals surface area contributed by atoms with Crippen LogP contribution in [0, 0.1) is 11.3 Å². The summed E-state index contributed by atoms with van der Waals surface area (Å²) in [6.07, 6.45) is -0.457. The van der Waals surface area contributed by atoms with Crippen molar-refractivity contribution in [3.63, 3.8) is 0 Å². The van der Waals surface area contributed by atoms with Crippen LogP contribution in [0.2, 0.25) is 0 Å². The second kappa shape index (κ2) is 3.12. The lowest BCUT2D eigenvalue weighted by Crippen LogP contribution is -2.54. The van der Waals surface area contributed by atoms with E-state index in [9.17, 15) is 13.2 Å². The van der Waals surface area contributed by atoms with Crippen molar-refractivity contribution < 1.29 is 13.2 Å². The first-order valence-corrected chi connectivity index (χ1v) is 5.23. The van der Waals surface area contributed by atoms with Gasteiger partial charge in [0.2, 0.25) is 0 Å². The standard InChI is InChI=1S/C10H16F3N/c1-8-5-9(6-8)3-2-4-14(7-9)10(11,12)13/h8H,2-7H2,1H3. The number of halogens is 3. The van der Waals surface area contributed by atoms with Gasteiger partial charge in [0.25, 0.3) is 0 Å². The molecule has 2 fully saturated rings. The van der Waals surface area contributed by atoms with Crippen LogP contribution in [0.5, 0.6) is 0 Å². The smallest absolute Gasteiger partial charge is 0.214 e. The highest BCUT2D eigenvalue weighted by molar-refractivity contribution is 4.96. The van der Waals surface area contributed by atoms with E-state index in [0.29, 0.717) is 17.2 Å². The van der Waals surface area contributed by atoms with Crippen LogP contribution in [0.4, 0.5) is 13.2 Å². The van der Waals surface area contributed by atoms with Crippen molar-refractivity contribution in [2.75, 3.05) is 13.1 Å². The molecule has 1 aliphatic carbocycles. The van der Waals surface area contributed by atoms with Gasteiger partial charge in [-0.15, -0.1) is 0 Å². The van der Waals surface area contributed by atoms with Crippen molar-refractivity contribution >= 4 is 0 Å². The molecule has 0 radical (unpaired) electrons. The van der Waals surface area contributed by atoms with Crippen molar-refractivity contribution in [3.8, 4) is 0 Å². The predicted molar refractivity (Wildman–Crippen MR) is 47.7 cm³/mol. The Kier molecular flexibility index (Phi) is 2.29. The molecule has 1 spiro atoms. The van der Waals surface area contributed by atoms with Gasteiger partial charge in [0.1, 0.15) is 0 Å². The Morgan fingerprint density at radius 3 is 2.43 bits per heavy atom. The molecule has 4 heteroatoms. The Hall–Kier alpha value is -0.250. The summed E-state index contributed by atoms with van der Waals surface area (Å²) >= 11 is 0. The molecular weight excluding hydrogens is 191 g/mol. The summed E-state index contributed by atoms with van der Waals surface area (Å²) in [5.41, 5.74) is 0.00713. The molecule has 0 bridgehead atoms. The number of alkyl halides is 3. The van der Waals surface area contributed by atoms with Crippen LogP contribution in [0.1, 0.15) is 32.6 Å². The van der Waals surface area contributed by atoms with Gasteiger partial charge in [-0.3, -0.25) is 0 Å². The lowest BCUT2D eigenvalue weighted by molar-refractivity contribution is -0.266. The third-order valence-corrected chi connectivity index (χ3v) is 3.58. The van der Waals surface area contributed by atoms with Crippen LogP contribution in [-0.2, 0) is 0 Å². The molecule has 1 heterocycles. The summed E-state index contributed by atoms with van der Waals surface area (Å²) in [4.78, 5) is 0.697. The molecule has 0 unspecified atom stereocenters. The SMILES string of the molecule is CC1CC2(CCCN(C(F)(F)F)C2)C1. The second-order valence-corrected chi connectivity index (χ2v) is 5.01. The zero-order valence-electron chi connectivity index (χ0n) is 8.40. The number of nitrogens with zero attached hydrogens (tertiary/aromatic N) is 1. The molecule has 2 rings (SSSR count). The quantitative estimate of drug-likeness (QED) is 0.552. The molecule has 0 N–H and O–H groups in total. The van der Waals surface area contributed by atoms with Crippen molar-refractivity contribution in [2.24, 2.45) is 11.3 Å². The topological polar surface area (TPSA) is 3.24 Å². The third kappa shape index (κ3) is 1.76. The monoisotopic (exact) mass is 207 g/mol. The zero-order chi connectivity index (χ0) is 10.4. The van der Waals surface area contributed by atoms with Crippen LogP contribution in [0.15, 0.2) is 0 Å². The number of rotatable bonds is 0. The second-order valence-electron chi connectivity index (χ2n) is 5.01. The molecule has 0 aromatic heterocycles. The van der Waals surface area contributed by atoms with Gasteiger partial charge in [0.05, 0.1) is 0 Å². The van der Waals surface area contributed by atoms with Crippen LogP contribution in [-0.4, -0.2) is 24.3 Å². The lowest BCUT2D eigenvalue weighted by Gasteiger charge is -2.52. The van der Waals surface area contributed by atoms with Crippen LogP contribution in [0.25, 0.3) is 0 Å². The van der Waals surface area contributed by atoms with E-state index in [1.807, 2.05) is 0 Å². The summed E-state index contributed by atoms with van der Waals surface area (Å²) in [5.74, 6) is 0.628. The van der Waals surface area contributed by atoms with Gasteiger partial charge in [0, 0.05) is 13.1 Å². The summed E-state index contributed by atoms with van der Waals surface area (Å²) in [5, 5.41) is 0. The maximum absolute atomic E-state index is 12.5. The Morgan fingerprint density at radius 1 is 1.29 bits per heavy atom. The van der Waals surface area contributed by atoms with E-state index in [4.69, 9.17) is 0 Å². The highest BCUT2D eigenvalue weighted by Crippen LogP contribution is 2.52. The van der Waals surface area contributed by atoms with E-state index in [1.165, 1.54) is 0 Å². The molecule has 0 aromatic rings. The van der Waals surface area contributed by atoms with Crippen molar-refractivity contribution in [3.05, 3.63) is 0 Å². The van der Waals surface area contributed by atoms with Crippen LogP contribution >= 0.6 is 0 Å². The molecule has 1 aliphatic heterocycles. The third-order valence-electron chi connectivity index (χ3n) is 3.58. The predicted octanol–water partition coefficient (Wildman–Crippen LogP) is 3.02. The van der Waals surface area contributed by atoms with Crippen molar-refractivity contribution in [2.45, 2.75) is 38.9 Å². The molecule has 1 saturated heterocycles. The average molecular weight is 207 g/mol. The number of hydrogen-bond acceptors (Lipinski definition) is 1. The highest BCUT2D eigenvalue weighted by atomic mass is 19.4. The van der Waals surface area contributed by atoms with Crippen LogP contribution in [0.3, 0.4) is 0 Å². The van der Waals surface area contributed by atoms with E-state index in [2.05, 4.69) is 6.92 Å². The van der Waals surface area contributed by atoms with E-state index in [0.717, 1.165) is 19.3 Å².